The predicted molar refractivity (Wildman–Crippen MR) is 112 cm³/mol. The normalized spacial score (nSPS) is 10.6. The summed E-state index contributed by atoms with van der Waals surface area (Å²) in [4.78, 5) is 37.4. The van der Waals surface area contributed by atoms with Crippen LogP contribution in [-0.4, -0.2) is 30.0 Å². The molecule has 0 atom stereocenters. The SMILES string of the molecule is CC(=O)NCc1ccc(C(=O)COC(=O)CSc2ccc3ccccc3c2)s1. The van der Waals surface area contributed by atoms with Crippen molar-refractivity contribution in [3.63, 3.8) is 0 Å². The lowest BCUT2D eigenvalue weighted by Gasteiger charge is -2.05. The van der Waals surface area contributed by atoms with Crippen LogP contribution in [0.1, 0.15) is 21.5 Å². The lowest BCUT2D eigenvalue weighted by molar-refractivity contribution is -0.139. The maximum absolute atomic E-state index is 12.2. The second kappa shape index (κ2) is 9.52. The minimum atomic E-state index is -0.429. The molecule has 1 N–H and O–H groups in total. The fourth-order valence-electron chi connectivity index (χ4n) is 2.49. The highest BCUT2D eigenvalue weighted by Crippen LogP contribution is 2.24. The van der Waals surface area contributed by atoms with Gasteiger partial charge in [0, 0.05) is 16.7 Å². The number of thiophene rings is 1. The molecule has 0 fully saturated rings. The zero-order valence-electron chi connectivity index (χ0n) is 15.3. The molecule has 7 heteroatoms. The van der Waals surface area contributed by atoms with Crippen molar-refractivity contribution in [1.82, 2.24) is 5.32 Å². The number of nitrogens with one attached hydrogen (secondary N) is 1. The smallest absolute Gasteiger partial charge is 0.316 e. The van der Waals surface area contributed by atoms with Crippen molar-refractivity contribution in [2.75, 3.05) is 12.4 Å². The van der Waals surface area contributed by atoms with Crippen molar-refractivity contribution >= 4 is 51.5 Å². The summed E-state index contributed by atoms with van der Waals surface area (Å²) in [6.07, 6.45) is 0. The molecule has 5 nitrogen and oxygen atoms in total. The highest BCUT2D eigenvalue weighted by atomic mass is 32.2. The van der Waals surface area contributed by atoms with Gasteiger partial charge in [0.25, 0.3) is 0 Å². The van der Waals surface area contributed by atoms with Crippen molar-refractivity contribution in [3.8, 4) is 0 Å². The number of hydrogen-bond donors (Lipinski definition) is 1. The van der Waals surface area contributed by atoms with Crippen LogP contribution in [0.3, 0.4) is 0 Å². The molecule has 0 unspecified atom stereocenters. The number of carbonyl (C=O) groups excluding carboxylic acids is 3. The summed E-state index contributed by atoms with van der Waals surface area (Å²) in [5, 5.41) is 4.94. The van der Waals surface area contributed by atoms with Crippen LogP contribution in [0.2, 0.25) is 0 Å². The summed E-state index contributed by atoms with van der Waals surface area (Å²) < 4.78 is 5.10. The number of carbonyl (C=O) groups is 3. The highest BCUT2D eigenvalue weighted by molar-refractivity contribution is 8.00. The van der Waals surface area contributed by atoms with E-state index in [-0.39, 0.29) is 24.1 Å². The molecular formula is C21H19NO4S2. The predicted octanol–water partition coefficient (Wildman–Crippen LogP) is 4.06. The van der Waals surface area contributed by atoms with E-state index in [1.54, 1.807) is 12.1 Å². The van der Waals surface area contributed by atoms with Gasteiger partial charge in [-0.15, -0.1) is 23.1 Å². The number of ketones is 1. The fraction of sp³-hybridized carbons (Fsp3) is 0.190. The van der Waals surface area contributed by atoms with Crippen LogP contribution in [0.25, 0.3) is 10.8 Å². The van der Waals surface area contributed by atoms with Crippen LogP contribution < -0.4 is 5.32 Å². The first-order valence-corrected chi connectivity index (χ1v) is 10.4. The van der Waals surface area contributed by atoms with Gasteiger partial charge in [-0.2, -0.15) is 0 Å². The molecule has 3 aromatic rings. The van der Waals surface area contributed by atoms with Gasteiger partial charge < -0.3 is 10.1 Å². The minimum absolute atomic E-state index is 0.126. The second-order valence-electron chi connectivity index (χ2n) is 6.06. The van der Waals surface area contributed by atoms with Crippen LogP contribution in [0.15, 0.2) is 59.5 Å². The third kappa shape index (κ3) is 5.68. The molecule has 0 bridgehead atoms. The van der Waals surface area contributed by atoms with Crippen molar-refractivity contribution in [3.05, 3.63) is 64.4 Å². The molecule has 1 aromatic heterocycles. The van der Waals surface area contributed by atoms with Gasteiger partial charge >= 0.3 is 5.97 Å². The molecule has 0 spiro atoms. The van der Waals surface area contributed by atoms with E-state index in [0.717, 1.165) is 20.5 Å². The zero-order valence-corrected chi connectivity index (χ0v) is 16.9. The number of benzene rings is 2. The molecule has 144 valence electrons. The maximum Gasteiger partial charge on any atom is 0.316 e. The first-order chi connectivity index (χ1) is 13.5. The molecule has 0 aliphatic heterocycles. The number of esters is 1. The lowest BCUT2D eigenvalue weighted by atomic mass is 10.1. The van der Waals surface area contributed by atoms with Crippen molar-refractivity contribution < 1.29 is 19.1 Å². The molecular weight excluding hydrogens is 394 g/mol. The number of hydrogen-bond acceptors (Lipinski definition) is 6. The van der Waals surface area contributed by atoms with Crippen LogP contribution in [0, 0.1) is 0 Å². The number of thioether (sulfide) groups is 1. The first-order valence-electron chi connectivity index (χ1n) is 8.65. The highest BCUT2D eigenvalue weighted by Gasteiger charge is 2.13. The van der Waals surface area contributed by atoms with Crippen LogP contribution in [0.5, 0.6) is 0 Å². The van der Waals surface area contributed by atoms with Crippen molar-refractivity contribution in [2.24, 2.45) is 0 Å². The number of rotatable bonds is 8. The van der Waals surface area contributed by atoms with E-state index in [9.17, 15) is 14.4 Å². The average molecular weight is 414 g/mol. The Hall–Kier alpha value is -2.64. The van der Waals surface area contributed by atoms with Gasteiger partial charge in [-0.1, -0.05) is 30.3 Å². The van der Waals surface area contributed by atoms with Crippen molar-refractivity contribution in [1.29, 1.82) is 0 Å². The van der Waals surface area contributed by atoms with Crippen LogP contribution >= 0.6 is 23.1 Å². The summed E-state index contributed by atoms with van der Waals surface area (Å²) in [5.41, 5.74) is 0. The largest absolute Gasteiger partial charge is 0.457 e. The molecule has 0 radical (unpaired) electrons. The van der Waals surface area contributed by atoms with E-state index in [0.29, 0.717) is 11.4 Å². The third-order valence-electron chi connectivity index (χ3n) is 3.89. The number of amides is 1. The Morgan fingerprint density at radius 3 is 2.61 bits per heavy atom. The van der Waals surface area contributed by atoms with Gasteiger partial charge in [0.2, 0.25) is 11.7 Å². The van der Waals surface area contributed by atoms with E-state index < -0.39 is 5.97 Å². The minimum Gasteiger partial charge on any atom is -0.457 e. The van der Waals surface area contributed by atoms with E-state index in [1.165, 1.54) is 30.0 Å². The monoisotopic (exact) mass is 413 g/mol. The summed E-state index contributed by atoms with van der Waals surface area (Å²) in [7, 11) is 0. The van der Waals surface area contributed by atoms with Gasteiger partial charge in [-0.05, 0) is 35.0 Å². The van der Waals surface area contributed by atoms with Crippen LogP contribution in [-0.2, 0) is 20.9 Å². The second-order valence-corrected chi connectivity index (χ2v) is 8.27. The third-order valence-corrected chi connectivity index (χ3v) is 5.98. The number of fused-ring (bicyclic) bond motifs is 1. The summed E-state index contributed by atoms with van der Waals surface area (Å²) in [6.45, 7) is 1.54. The average Bonchev–Trinajstić information content (AvgIpc) is 3.18. The molecule has 28 heavy (non-hydrogen) atoms. The summed E-state index contributed by atoms with van der Waals surface area (Å²) >= 11 is 2.67. The number of ether oxygens (including phenoxy) is 1. The van der Waals surface area contributed by atoms with Gasteiger partial charge in [0.05, 0.1) is 17.2 Å². The Labute approximate surface area is 171 Å². The Kier molecular flexibility index (Phi) is 6.84. The van der Waals surface area contributed by atoms with E-state index >= 15 is 0 Å². The summed E-state index contributed by atoms with van der Waals surface area (Å²) in [6, 6.07) is 17.5. The first kappa shape index (κ1) is 20.1. The van der Waals surface area contributed by atoms with E-state index in [1.807, 2.05) is 42.5 Å². The molecule has 0 aliphatic carbocycles. The molecule has 0 saturated heterocycles. The number of Topliss-reactive ketones (excluding diaryl/α,β-unsaturated/α-hetero) is 1. The maximum atomic E-state index is 12.2. The van der Waals surface area contributed by atoms with Crippen molar-refractivity contribution in [2.45, 2.75) is 18.4 Å². The van der Waals surface area contributed by atoms with E-state index in [4.69, 9.17) is 4.74 Å². The molecule has 1 amide bonds. The fourth-order valence-corrected chi connectivity index (χ4v) is 4.11. The molecule has 2 aromatic carbocycles. The molecule has 0 saturated carbocycles. The molecule has 0 aliphatic rings. The molecule has 3 rings (SSSR count). The van der Waals surface area contributed by atoms with Crippen LogP contribution in [0.4, 0.5) is 0 Å². The van der Waals surface area contributed by atoms with Gasteiger partial charge in [-0.3, -0.25) is 14.4 Å². The molecule has 1 heterocycles. The van der Waals surface area contributed by atoms with Gasteiger partial charge in [0.15, 0.2) is 6.61 Å². The standard InChI is InChI=1S/C21H19NO4S2/c1-14(23)22-11-18-8-9-20(28-18)19(24)12-26-21(25)13-27-17-7-6-15-4-2-3-5-16(15)10-17/h2-10H,11-13H2,1H3,(H,22,23). The Morgan fingerprint density at radius 1 is 1.04 bits per heavy atom. The zero-order chi connectivity index (χ0) is 19.9. The van der Waals surface area contributed by atoms with E-state index in [2.05, 4.69) is 5.32 Å². The Bertz CT molecular complexity index is 1010. The topological polar surface area (TPSA) is 72.5 Å². The Morgan fingerprint density at radius 2 is 1.82 bits per heavy atom. The summed E-state index contributed by atoms with van der Waals surface area (Å²) in [5.74, 6) is -0.659. The van der Waals surface area contributed by atoms with Gasteiger partial charge in [-0.25, -0.2) is 0 Å². The lowest BCUT2D eigenvalue weighted by Crippen LogP contribution is -2.18. The van der Waals surface area contributed by atoms with Gasteiger partial charge in [0.1, 0.15) is 0 Å². The quantitative estimate of drug-likeness (QED) is 0.343. The Balaban J connectivity index is 1.45.